The molecule has 0 radical (unpaired) electrons. The number of carbonyl (C=O) groups is 3. The molecule has 2 aromatic rings. The number of hydrogen-bond acceptors (Lipinski definition) is 6. The number of hydrogen-bond donors (Lipinski definition) is 2. The molecule has 0 bridgehead atoms. The molecule has 178 valence electrons. The first-order chi connectivity index (χ1) is 15.6. The molecule has 10 heteroatoms. The molecule has 33 heavy (non-hydrogen) atoms. The SMILES string of the molecule is COc1cc(OC)cc(C(=O)NC(C(=O)OC(C)C(=O)Nc2c(F)cccc2F)C(C)C)c1. The number of carbonyl (C=O) groups excluding carboxylic acids is 3. The Morgan fingerprint density at radius 1 is 0.909 bits per heavy atom. The minimum atomic E-state index is -1.38. The van der Waals surface area contributed by atoms with Gasteiger partial charge in [-0.2, -0.15) is 0 Å². The second-order valence-corrected chi connectivity index (χ2v) is 7.46. The van der Waals surface area contributed by atoms with Crippen LogP contribution in [0.3, 0.4) is 0 Å². The van der Waals surface area contributed by atoms with Gasteiger partial charge in [-0.15, -0.1) is 0 Å². The number of esters is 1. The van der Waals surface area contributed by atoms with Crippen molar-refractivity contribution in [3.8, 4) is 11.5 Å². The Hall–Kier alpha value is -3.69. The summed E-state index contributed by atoms with van der Waals surface area (Å²) in [6.07, 6.45) is -1.38. The predicted octanol–water partition coefficient (Wildman–Crippen LogP) is 3.31. The maximum absolute atomic E-state index is 13.8. The lowest BCUT2D eigenvalue weighted by molar-refractivity contribution is -0.156. The summed E-state index contributed by atoms with van der Waals surface area (Å²) in [6, 6.07) is 6.54. The normalized spacial score (nSPS) is 12.5. The highest BCUT2D eigenvalue weighted by Gasteiger charge is 2.30. The number of halogens is 2. The smallest absolute Gasteiger partial charge is 0.329 e. The molecule has 0 aromatic heterocycles. The fraction of sp³-hybridized carbons (Fsp3) is 0.348. The quantitative estimate of drug-likeness (QED) is 0.552. The van der Waals surface area contributed by atoms with E-state index in [-0.39, 0.29) is 5.56 Å². The third-order valence-electron chi connectivity index (χ3n) is 4.69. The van der Waals surface area contributed by atoms with E-state index in [1.54, 1.807) is 19.9 Å². The van der Waals surface area contributed by atoms with Crippen molar-refractivity contribution >= 4 is 23.5 Å². The molecule has 2 unspecified atom stereocenters. The molecule has 0 fully saturated rings. The van der Waals surface area contributed by atoms with Gasteiger partial charge in [0.05, 0.1) is 14.2 Å². The van der Waals surface area contributed by atoms with Gasteiger partial charge in [-0.25, -0.2) is 13.6 Å². The summed E-state index contributed by atoms with van der Waals surface area (Å²) in [5.74, 6) is -3.97. The van der Waals surface area contributed by atoms with E-state index >= 15 is 0 Å². The van der Waals surface area contributed by atoms with E-state index in [4.69, 9.17) is 14.2 Å². The number of anilines is 1. The Kier molecular flexibility index (Phi) is 8.72. The van der Waals surface area contributed by atoms with Crippen LogP contribution in [0.15, 0.2) is 36.4 Å². The highest BCUT2D eigenvalue weighted by atomic mass is 19.1. The molecule has 0 aliphatic rings. The van der Waals surface area contributed by atoms with E-state index in [0.29, 0.717) is 11.5 Å². The van der Waals surface area contributed by atoms with Gasteiger partial charge in [-0.05, 0) is 37.1 Å². The Bertz CT molecular complexity index is 986. The first-order valence-electron chi connectivity index (χ1n) is 10.1. The van der Waals surface area contributed by atoms with Crippen LogP contribution in [-0.2, 0) is 14.3 Å². The second kappa shape index (κ2) is 11.3. The van der Waals surface area contributed by atoms with Crippen LogP contribution in [0.5, 0.6) is 11.5 Å². The molecular weight excluding hydrogens is 438 g/mol. The zero-order valence-electron chi connectivity index (χ0n) is 18.9. The number of nitrogens with one attached hydrogen (secondary N) is 2. The van der Waals surface area contributed by atoms with Gasteiger partial charge in [0.15, 0.2) is 6.10 Å². The number of rotatable bonds is 9. The number of benzene rings is 2. The summed E-state index contributed by atoms with van der Waals surface area (Å²) in [4.78, 5) is 37.7. The van der Waals surface area contributed by atoms with Crippen LogP contribution >= 0.6 is 0 Å². The topological polar surface area (TPSA) is 103 Å². The molecule has 2 rings (SSSR count). The fourth-order valence-corrected chi connectivity index (χ4v) is 2.80. The minimum Gasteiger partial charge on any atom is -0.497 e. The third-order valence-corrected chi connectivity index (χ3v) is 4.69. The van der Waals surface area contributed by atoms with Gasteiger partial charge in [0.25, 0.3) is 11.8 Å². The van der Waals surface area contributed by atoms with E-state index in [9.17, 15) is 23.2 Å². The Morgan fingerprint density at radius 3 is 1.94 bits per heavy atom. The molecule has 0 aliphatic carbocycles. The van der Waals surface area contributed by atoms with Gasteiger partial charge in [0.1, 0.15) is 34.9 Å². The highest BCUT2D eigenvalue weighted by molar-refractivity contribution is 5.98. The third kappa shape index (κ3) is 6.64. The lowest BCUT2D eigenvalue weighted by atomic mass is 10.0. The van der Waals surface area contributed by atoms with E-state index in [0.717, 1.165) is 18.2 Å². The van der Waals surface area contributed by atoms with Crippen molar-refractivity contribution in [2.24, 2.45) is 5.92 Å². The van der Waals surface area contributed by atoms with Crippen LogP contribution in [-0.4, -0.2) is 44.1 Å². The Balaban J connectivity index is 2.10. The van der Waals surface area contributed by atoms with Crippen molar-refractivity contribution in [3.05, 3.63) is 53.6 Å². The standard InChI is InChI=1S/C23H26F2N2O6/c1-12(2)19(26-22(29)14-9-15(31-4)11-16(10-14)32-5)23(30)33-13(3)21(28)27-20-17(24)7-6-8-18(20)25/h6-13,19H,1-5H3,(H,26,29)(H,27,28). The van der Waals surface area contributed by atoms with Crippen LogP contribution in [0.25, 0.3) is 0 Å². The van der Waals surface area contributed by atoms with Gasteiger partial charge in [0, 0.05) is 11.6 Å². The zero-order chi connectivity index (χ0) is 24.7. The average Bonchev–Trinajstić information content (AvgIpc) is 2.78. The van der Waals surface area contributed by atoms with Gasteiger partial charge >= 0.3 is 5.97 Å². The minimum absolute atomic E-state index is 0.186. The molecule has 2 aromatic carbocycles. The molecule has 0 saturated heterocycles. The van der Waals surface area contributed by atoms with Crippen molar-refractivity contribution in [3.63, 3.8) is 0 Å². The van der Waals surface area contributed by atoms with Crippen LogP contribution < -0.4 is 20.1 Å². The fourth-order valence-electron chi connectivity index (χ4n) is 2.80. The summed E-state index contributed by atoms with van der Waals surface area (Å²) in [7, 11) is 2.87. The maximum Gasteiger partial charge on any atom is 0.329 e. The Labute approximate surface area is 190 Å². The number of amides is 2. The number of ether oxygens (including phenoxy) is 3. The second-order valence-electron chi connectivity index (χ2n) is 7.46. The molecule has 0 saturated carbocycles. The van der Waals surface area contributed by atoms with Crippen molar-refractivity contribution in [2.45, 2.75) is 32.9 Å². The molecular formula is C23H26F2N2O6. The summed E-state index contributed by atoms with van der Waals surface area (Å²) in [5, 5.41) is 4.63. The molecule has 0 aliphatic heterocycles. The summed E-state index contributed by atoms with van der Waals surface area (Å²) in [6.45, 7) is 4.60. The predicted molar refractivity (Wildman–Crippen MR) is 116 cm³/mol. The molecule has 0 heterocycles. The molecule has 0 spiro atoms. The molecule has 2 atom stereocenters. The van der Waals surface area contributed by atoms with E-state index in [1.165, 1.54) is 33.3 Å². The summed E-state index contributed by atoms with van der Waals surface area (Å²) in [5.41, 5.74) is -0.462. The van der Waals surface area contributed by atoms with E-state index in [2.05, 4.69) is 10.6 Å². The molecule has 2 amide bonds. The Morgan fingerprint density at radius 2 is 1.45 bits per heavy atom. The van der Waals surface area contributed by atoms with Crippen LogP contribution in [0.2, 0.25) is 0 Å². The number of para-hydroxylation sites is 1. The van der Waals surface area contributed by atoms with Crippen molar-refractivity contribution < 1.29 is 37.4 Å². The first-order valence-corrected chi connectivity index (χ1v) is 10.1. The average molecular weight is 464 g/mol. The van der Waals surface area contributed by atoms with Crippen LogP contribution in [0.4, 0.5) is 14.5 Å². The van der Waals surface area contributed by atoms with Gasteiger partial charge in [-0.3, -0.25) is 9.59 Å². The highest BCUT2D eigenvalue weighted by Crippen LogP contribution is 2.23. The summed E-state index contributed by atoms with van der Waals surface area (Å²) >= 11 is 0. The lowest BCUT2D eigenvalue weighted by Crippen LogP contribution is -2.47. The van der Waals surface area contributed by atoms with E-state index < -0.39 is 53.2 Å². The molecule has 8 nitrogen and oxygen atoms in total. The van der Waals surface area contributed by atoms with Crippen LogP contribution in [0, 0.1) is 17.6 Å². The lowest BCUT2D eigenvalue weighted by Gasteiger charge is -2.23. The monoisotopic (exact) mass is 464 g/mol. The van der Waals surface area contributed by atoms with Crippen molar-refractivity contribution in [2.75, 3.05) is 19.5 Å². The van der Waals surface area contributed by atoms with Crippen LogP contribution in [0.1, 0.15) is 31.1 Å². The van der Waals surface area contributed by atoms with Gasteiger partial charge in [0.2, 0.25) is 0 Å². The largest absolute Gasteiger partial charge is 0.497 e. The molecule has 2 N–H and O–H groups in total. The number of methoxy groups -OCH3 is 2. The maximum atomic E-state index is 13.8. The van der Waals surface area contributed by atoms with Gasteiger partial charge < -0.3 is 24.8 Å². The van der Waals surface area contributed by atoms with Crippen molar-refractivity contribution in [1.29, 1.82) is 0 Å². The van der Waals surface area contributed by atoms with Gasteiger partial charge in [-0.1, -0.05) is 19.9 Å². The van der Waals surface area contributed by atoms with E-state index in [1.807, 2.05) is 0 Å². The first kappa shape index (κ1) is 25.6. The zero-order valence-corrected chi connectivity index (χ0v) is 18.9. The van der Waals surface area contributed by atoms with Crippen molar-refractivity contribution in [1.82, 2.24) is 5.32 Å². The summed E-state index contributed by atoms with van der Waals surface area (Å²) < 4.78 is 43.0.